The topological polar surface area (TPSA) is 82.1 Å². The van der Waals surface area contributed by atoms with Gasteiger partial charge in [-0.1, -0.05) is 23.7 Å². The van der Waals surface area contributed by atoms with Crippen molar-refractivity contribution in [1.82, 2.24) is 23.6 Å². The first-order valence-corrected chi connectivity index (χ1v) is 8.76. The normalized spacial score (nSPS) is 11.1. The molecule has 0 radical (unpaired) electrons. The quantitative estimate of drug-likeness (QED) is 0.609. The van der Waals surface area contributed by atoms with Gasteiger partial charge in [0.1, 0.15) is 6.54 Å². The number of benzene rings is 1. The van der Waals surface area contributed by atoms with Gasteiger partial charge in [0.15, 0.2) is 11.2 Å². The molecular formula is C17H17Cl2N5O3. The molecule has 1 aromatic carbocycles. The van der Waals surface area contributed by atoms with Crippen molar-refractivity contribution in [2.75, 3.05) is 7.05 Å². The van der Waals surface area contributed by atoms with Crippen molar-refractivity contribution in [3.8, 4) is 0 Å². The van der Waals surface area contributed by atoms with Crippen LogP contribution in [0.1, 0.15) is 5.56 Å². The number of aromatic nitrogens is 4. The Morgan fingerprint density at radius 2 is 1.89 bits per heavy atom. The lowest BCUT2D eigenvalue weighted by atomic mass is 10.2. The number of rotatable bonds is 4. The summed E-state index contributed by atoms with van der Waals surface area (Å²) in [5.41, 5.74) is 0.0433. The highest BCUT2D eigenvalue weighted by atomic mass is 35.5. The maximum absolute atomic E-state index is 12.7. The zero-order chi connectivity index (χ0) is 19.9. The van der Waals surface area contributed by atoms with Crippen LogP contribution >= 0.6 is 23.2 Å². The largest absolute Gasteiger partial charge is 0.340 e. The molecule has 0 bridgehead atoms. The number of hydrogen-bond donors (Lipinski definition) is 0. The first-order chi connectivity index (χ1) is 12.7. The van der Waals surface area contributed by atoms with Crippen molar-refractivity contribution < 1.29 is 4.79 Å². The zero-order valence-corrected chi connectivity index (χ0v) is 16.5. The van der Waals surface area contributed by atoms with Crippen molar-refractivity contribution in [2.24, 2.45) is 14.1 Å². The van der Waals surface area contributed by atoms with Crippen LogP contribution in [0.15, 0.2) is 33.9 Å². The van der Waals surface area contributed by atoms with E-state index in [0.29, 0.717) is 11.6 Å². The summed E-state index contributed by atoms with van der Waals surface area (Å²) in [7, 11) is 4.50. The third-order valence-corrected chi connectivity index (χ3v) is 4.85. The molecule has 27 heavy (non-hydrogen) atoms. The molecule has 3 rings (SSSR count). The molecule has 0 unspecified atom stereocenters. The number of carbonyl (C=O) groups is 1. The van der Waals surface area contributed by atoms with Gasteiger partial charge < -0.3 is 4.90 Å². The fraction of sp³-hybridized carbons (Fsp3) is 0.294. The number of amides is 1. The number of carbonyl (C=O) groups excluding carboxylic acids is 1. The molecule has 0 saturated heterocycles. The monoisotopic (exact) mass is 409 g/mol. The van der Waals surface area contributed by atoms with Gasteiger partial charge in [-0.25, -0.2) is 4.79 Å². The first-order valence-electron chi connectivity index (χ1n) is 8.01. The second kappa shape index (κ2) is 7.21. The molecule has 0 fully saturated rings. The van der Waals surface area contributed by atoms with E-state index in [1.165, 1.54) is 28.1 Å². The van der Waals surface area contributed by atoms with Crippen LogP contribution in [0.2, 0.25) is 10.3 Å². The molecule has 1 amide bonds. The van der Waals surface area contributed by atoms with Crippen LogP contribution in [-0.4, -0.2) is 36.5 Å². The minimum Gasteiger partial charge on any atom is -0.340 e. The van der Waals surface area contributed by atoms with E-state index in [1.807, 2.05) is 6.07 Å². The number of hydrogen-bond acceptors (Lipinski definition) is 4. The molecule has 0 spiro atoms. The fourth-order valence-corrected chi connectivity index (χ4v) is 3.25. The van der Waals surface area contributed by atoms with Crippen molar-refractivity contribution in [3.05, 3.63) is 61.0 Å². The zero-order valence-electron chi connectivity index (χ0n) is 14.9. The Balaban J connectivity index is 1.94. The molecule has 0 atom stereocenters. The van der Waals surface area contributed by atoms with Gasteiger partial charge in [0.2, 0.25) is 11.2 Å². The van der Waals surface area contributed by atoms with Crippen molar-refractivity contribution >= 4 is 40.3 Å². The average Bonchev–Trinajstić information content (AvgIpc) is 2.94. The summed E-state index contributed by atoms with van der Waals surface area (Å²) in [4.78, 5) is 42.8. The molecular weight excluding hydrogens is 393 g/mol. The maximum Gasteiger partial charge on any atom is 0.332 e. The highest BCUT2D eigenvalue weighted by Gasteiger charge is 2.21. The Labute approximate surface area is 164 Å². The number of fused-ring (bicyclic) bond motifs is 1. The minimum absolute atomic E-state index is 0.0344. The van der Waals surface area contributed by atoms with Gasteiger partial charge in [0.25, 0.3) is 5.56 Å². The summed E-state index contributed by atoms with van der Waals surface area (Å²) in [6, 6.07) is 7.20. The van der Waals surface area contributed by atoms with Gasteiger partial charge in [-0.05, 0) is 29.3 Å². The van der Waals surface area contributed by atoms with Crippen LogP contribution < -0.4 is 11.2 Å². The molecule has 3 aromatic rings. The number of aryl methyl sites for hydroxylation is 1. The summed E-state index contributed by atoms with van der Waals surface area (Å²) in [6.07, 6.45) is 0. The lowest BCUT2D eigenvalue weighted by Crippen LogP contribution is -2.38. The van der Waals surface area contributed by atoms with E-state index < -0.39 is 11.2 Å². The number of halogens is 2. The Kier molecular flexibility index (Phi) is 5.12. The van der Waals surface area contributed by atoms with Crippen LogP contribution in [-0.2, 0) is 32.0 Å². The molecule has 142 valence electrons. The second-order valence-corrected chi connectivity index (χ2v) is 7.00. The molecule has 0 aliphatic rings. The molecule has 0 aliphatic carbocycles. The van der Waals surface area contributed by atoms with Gasteiger partial charge in [0, 0.05) is 32.7 Å². The van der Waals surface area contributed by atoms with Crippen molar-refractivity contribution in [2.45, 2.75) is 13.1 Å². The maximum atomic E-state index is 12.7. The van der Waals surface area contributed by atoms with Crippen molar-refractivity contribution in [1.29, 1.82) is 0 Å². The van der Waals surface area contributed by atoms with Crippen LogP contribution in [0.3, 0.4) is 0 Å². The summed E-state index contributed by atoms with van der Waals surface area (Å²) in [5.74, 6) is -0.271. The lowest BCUT2D eigenvalue weighted by Gasteiger charge is -2.18. The summed E-state index contributed by atoms with van der Waals surface area (Å²) in [5, 5.41) is 0.550. The molecule has 10 heteroatoms. The number of imidazole rings is 1. The molecule has 2 aromatic heterocycles. The SMILES string of the molecule is CN(Cc1cccc(Cl)c1)C(=O)Cn1c(Cl)nc2c1c(=O)n(C)c(=O)n2C. The van der Waals surface area contributed by atoms with E-state index in [4.69, 9.17) is 23.2 Å². The van der Waals surface area contributed by atoms with E-state index >= 15 is 0 Å². The Morgan fingerprint density at radius 1 is 1.19 bits per heavy atom. The molecule has 0 aliphatic heterocycles. The summed E-state index contributed by atoms with van der Waals surface area (Å²) < 4.78 is 3.49. The van der Waals surface area contributed by atoms with E-state index in [-0.39, 0.29) is 28.9 Å². The van der Waals surface area contributed by atoms with Crippen molar-refractivity contribution in [3.63, 3.8) is 0 Å². The molecule has 0 saturated carbocycles. The third-order valence-electron chi connectivity index (χ3n) is 4.33. The van der Waals surface area contributed by atoms with Crippen LogP contribution in [0, 0.1) is 0 Å². The van der Waals surface area contributed by atoms with E-state index in [0.717, 1.165) is 10.1 Å². The minimum atomic E-state index is -0.558. The Bertz CT molecular complexity index is 1160. The highest BCUT2D eigenvalue weighted by Crippen LogP contribution is 2.17. The van der Waals surface area contributed by atoms with E-state index in [9.17, 15) is 14.4 Å². The number of nitrogens with zero attached hydrogens (tertiary/aromatic N) is 5. The smallest absolute Gasteiger partial charge is 0.332 e. The van der Waals surface area contributed by atoms with E-state index in [2.05, 4.69) is 4.98 Å². The molecule has 8 nitrogen and oxygen atoms in total. The Morgan fingerprint density at radius 3 is 2.56 bits per heavy atom. The summed E-state index contributed by atoms with van der Waals surface area (Å²) >= 11 is 12.1. The van der Waals surface area contributed by atoms with Gasteiger partial charge in [-0.3, -0.25) is 23.3 Å². The molecule has 2 heterocycles. The summed E-state index contributed by atoms with van der Waals surface area (Å²) in [6.45, 7) is 0.167. The average molecular weight is 410 g/mol. The highest BCUT2D eigenvalue weighted by molar-refractivity contribution is 6.30. The predicted molar refractivity (Wildman–Crippen MR) is 103 cm³/mol. The fourth-order valence-electron chi connectivity index (χ4n) is 2.82. The van der Waals surface area contributed by atoms with Gasteiger partial charge in [-0.2, -0.15) is 4.98 Å². The first kappa shape index (κ1) is 19.2. The van der Waals surface area contributed by atoms with E-state index in [1.54, 1.807) is 25.2 Å². The predicted octanol–water partition coefficient (Wildman–Crippen LogP) is 1.40. The Hall–Kier alpha value is -2.58. The third kappa shape index (κ3) is 3.50. The van der Waals surface area contributed by atoms with Crippen LogP contribution in [0.4, 0.5) is 0 Å². The van der Waals surface area contributed by atoms with Gasteiger partial charge in [-0.15, -0.1) is 0 Å². The van der Waals surface area contributed by atoms with Gasteiger partial charge in [0.05, 0.1) is 0 Å². The van der Waals surface area contributed by atoms with Crippen LogP contribution in [0.25, 0.3) is 11.2 Å². The van der Waals surface area contributed by atoms with Gasteiger partial charge >= 0.3 is 5.69 Å². The molecule has 0 N–H and O–H groups in total. The second-order valence-electron chi connectivity index (χ2n) is 6.22. The number of likely N-dealkylation sites (N-methyl/N-ethyl adjacent to an activating group) is 1. The lowest BCUT2D eigenvalue weighted by molar-refractivity contribution is -0.131. The van der Waals surface area contributed by atoms with Crippen LogP contribution in [0.5, 0.6) is 0 Å². The standard InChI is InChI=1S/C17H17Cl2N5O3/c1-21(8-10-5-4-6-11(18)7-10)12(25)9-24-13-14(20-16(24)19)22(2)17(27)23(3)15(13)26/h4-7H,8-9H2,1-3H3.